The summed E-state index contributed by atoms with van der Waals surface area (Å²) in [5.41, 5.74) is -3.66. The topological polar surface area (TPSA) is 31.2 Å². The second-order valence-electron chi connectivity index (χ2n) is 2.48. The largest absolute Gasteiger partial charge is 0.433 e. The van der Waals surface area contributed by atoms with Gasteiger partial charge >= 0.3 is 12.4 Å². The average Bonchev–Trinajstić information content (AvgIpc) is 1.99. The Kier molecular flexibility index (Phi) is 2.54. The number of halogens is 6. The van der Waals surface area contributed by atoms with Crippen LogP contribution in [0.15, 0.2) is 17.3 Å². The summed E-state index contributed by atoms with van der Waals surface area (Å²) >= 11 is 0. The van der Waals surface area contributed by atoms with Gasteiger partial charge in [-0.25, -0.2) is 5.32 Å². The van der Waals surface area contributed by atoms with Gasteiger partial charge in [0.25, 0.3) is 5.91 Å². The monoisotopic (exact) mass is 229 g/mol. The highest BCUT2D eigenvalue weighted by atomic mass is 19.4. The van der Waals surface area contributed by atoms with Crippen molar-refractivity contribution in [3.63, 3.8) is 0 Å². The van der Waals surface area contributed by atoms with Crippen molar-refractivity contribution in [1.82, 2.24) is 5.32 Å². The number of carbonyl (C=O) groups excluding carboxylic acids is 1. The Labute approximate surface area is 79.2 Å². The van der Waals surface area contributed by atoms with Crippen molar-refractivity contribution in [1.29, 1.82) is 0 Å². The molecule has 0 atom stereocenters. The molecular formula is C7HF6NO. The zero-order valence-corrected chi connectivity index (χ0v) is 6.70. The fourth-order valence-corrected chi connectivity index (χ4v) is 0.756. The van der Waals surface area contributed by atoms with Gasteiger partial charge in [0.15, 0.2) is 0 Å². The molecule has 0 spiro atoms. The van der Waals surface area contributed by atoms with E-state index in [2.05, 4.69) is 5.32 Å². The van der Waals surface area contributed by atoms with Crippen LogP contribution < -0.4 is 5.32 Å². The van der Waals surface area contributed by atoms with Crippen LogP contribution in [0, 0.1) is 6.08 Å². The van der Waals surface area contributed by atoms with Crippen molar-refractivity contribution in [2.45, 2.75) is 12.4 Å². The number of hydrogen-bond donors (Lipinski definition) is 0. The number of amides is 1. The third kappa shape index (κ3) is 2.74. The Balaban J connectivity index is 3.11. The third-order valence-corrected chi connectivity index (χ3v) is 1.34. The van der Waals surface area contributed by atoms with E-state index in [1.165, 1.54) is 6.08 Å². The Morgan fingerprint density at radius 1 is 1.07 bits per heavy atom. The summed E-state index contributed by atoms with van der Waals surface area (Å²) < 4.78 is 71.8. The molecular weight excluding hydrogens is 228 g/mol. The predicted octanol–water partition coefficient (Wildman–Crippen LogP) is 1.87. The maximum Gasteiger partial charge on any atom is 0.433 e. The fourth-order valence-electron chi connectivity index (χ4n) is 0.756. The van der Waals surface area contributed by atoms with Gasteiger partial charge in [-0.1, -0.05) is 0 Å². The van der Waals surface area contributed by atoms with Crippen LogP contribution in [0.4, 0.5) is 26.3 Å². The number of hydrogen-bond acceptors (Lipinski definition) is 1. The van der Waals surface area contributed by atoms with Gasteiger partial charge in [0.05, 0.1) is 11.6 Å². The molecule has 2 radical (unpaired) electrons. The molecule has 1 rings (SSSR count). The highest BCUT2D eigenvalue weighted by Gasteiger charge is 2.43. The standard InChI is InChI=1S/C7HF6NO/c8-6(9,10)3-1-4(7(11,12)13)14-5(15)2-3/h1H. The number of nitrogens with zero attached hydrogens (tertiary/aromatic N) is 1. The van der Waals surface area contributed by atoms with Crippen molar-refractivity contribution in [2.75, 3.05) is 0 Å². The highest BCUT2D eigenvalue weighted by molar-refractivity contribution is 5.87. The molecule has 0 N–H and O–H groups in total. The van der Waals surface area contributed by atoms with E-state index in [0.29, 0.717) is 0 Å². The molecule has 0 bridgehead atoms. The molecule has 2 nitrogen and oxygen atoms in total. The van der Waals surface area contributed by atoms with E-state index in [-0.39, 0.29) is 6.08 Å². The minimum absolute atomic E-state index is 0.263. The first-order valence-corrected chi connectivity index (χ1v) is 3.36. The number of carbonyl (C=O) groups is 1. The van der Waals surface area contributed by atoms with Crippen molar-refractivity contribution in [2.24, 2.45) is 0 Å². The molecule has 1 heterocycles. The van der Waals surface area contributed by atoms with E-state index in [4.69, 9.17) is 0 Å². The van der Waals surface area contributed by atoms with Crippen LogP contribution in [-0.4, -0.2) is 18.3 Å². The molecule has 0 saturated carbocycles. The summed E-state index contributed by atoms with van der Waals surface area (Å²) in [7, 11) is 0. The first-order chi connectivity index (χ1) is 6.60. The zero-order valence-electron chi connectivity index (χ0n) is 6.70. The Bertz CT molecular complexity index is 347. The van der Waals surface area contributed by atoms with Crippen LogP contribution in [0.25, 0.3) is 0 Å². The normalized spacial score (nSPS) is 18.1. The van der Waals surface area contributed by atoms with Gasteiger partial charge in [0, 0.05) is 0 Å². The van der Waals surface area contributed by atoms with Crippen LogP contribution >= 0.6 is 0 Å². The predicted molar refractivity (Wildman–Crippen MR) is 34.1 cm³/mol. The summed E-state index contributed by atoms with van der Waals surface area (Å²) in [6, 6.07) is 0. The SMILES string of the molecule is O=C1[C]=C(C(F)(F)F)C=C(C(F)(F)F)[N]1. The van der Waals surface area contributed by atoms with Crippen LogP contribution in [0.5, 0.6) is 0 Å². The molecule has 0 saturated heterocycles. The quantitative estimate of drug-likeness (QED) is 0.583. The summed E-state index contributed by atoms with van der Waals surface area (Å²) in [5.74, 6) is -1.70. The fraction of sp³-hybridized carbons (Fsp3) is 0.286. The zero-order chi connectivity index (χ0) is 11.9. The Morgan fingerprint density at radius 2 is 1.60 bits per heavy atom. The van der Waals surface area contributed by atoms with Crippen molar-refractivity contribution < 1.29 is 31.1 Å². The molecule has 1 amide bonds. The van der Waals surface area contributed by atoms with Crippen LogP contribution in [0.3, 0.4) is 0 Å². The van der Waals surface area contributed by atoms with Crippen LogP contribution in [0.2, 0.25) is 0 Å². The van der Waals surface area contributed by atoms with E-state index in [1.54, 1.807) is 0 Å². The van der Waals surface area contributed by atoms with Crippen molar-refractivity contribution in [3.05, 3.63) is 23.4 Å². The van der Waals surface area contributed by atoms with E-state index in [9.17, 15) is 31.1 Å². The molecule has 8 heteroatoms. The summed E-state index contributed by atoms with van der Waals surface area (Å²) in [4.78, 5) is 10.4. The summed E-state index contributed by atoms with van der Waals surface area (Å²) in [5, 5.41) is 2.38. The van der Waals surface area contributed by atoms with Gasteiger partial charge in [0.1, 0.15) is 5.70 Å². The maximum atomic E-state index is 12.0. The van der Waals surface area contributed by atoms with E-state index >= 15 is 0 Å². The number of rotatable bonds is 0. The molecule has 0 aromatic rings. The molecule has 0 aromatic carbocycles. The average molecular weight is 229 g/mol. The van der Waals surface area contributed by atoms with Gasteiger partial charge in [-0.3, -0.25) is 4.79 Å². The minimum atomic E-state index is -5.09. The van der Waals surface area contributed by atoms with E-state index < -0.39 is 29.5 Å². The maximum absolute atomic E-state index is 12.0. The molecule has 1 aliphatic rings. The first kappa shape index (κ1) is 11.6. The summed E-state index contributed by atoms with van der Waals surface area (Å²) in [6.07, 6.45) is -9.24. The summed E-state index contributed by atoms with van der Waals surface area (Å²) in [6.45, 7) is 0. The molecule has 0 aromatic heterocycles. The van der Waals surface area contributed by atoms with Crippen molar-refractivity contribution >= 4 is 5.91 Å². The highest BCUT2D eigenvalue weighted by Crippen LogP contribution is 2.33. The first-order valence-electron chi connectivity index (χ1n) is 3.36. The molecule has 0 aliphatic carbocycles. The lowest BCUT2D eigenvalue weighted by atomic mass is 10.1. The lowest BCUT2D eigenvalue weighted by Gasteiger charge is -2.16. The Hall–Kier alpha value is -1.47. The number of alkyl halides is 6. The smallest absolute Gasteiger partial charge is 0.267 e. The molecule has 0 fully saturated rings. The van der Waals surface area contributed by atoms with Gasteiger partial charge in [-0.2, -0.15) is 26.3 Å². The second kappa shape index (κ2) is 3.28. The lowest BCUT2D eigenvalue weighted by molar-refractivity contribution is -0.126. The van der Waals surface area contributed by atoms with Gasteiger partial charge in [-0.05, 0) is 6.08 Å². The minimum Gasteiger partial charge on any atom is -0.267 e. The lowest BCUT2D eigenvalue weighted by Crippen LogP contribution is -2.30. The molecule has 15 heavy (non-hydrogen) atoms. The van der Waals surface area contributed by atoms with Gasteiger partial charge in [-0.15, -0.1) is 0 Å². The second-order valence-corrected chi connectivity index (χ2v) is 2.48. The molecule has 1 aliphatic heterocycles. The Morgan fingerprint density at radius 3 is 2.00 bits per heavy atom. The van der Waals surface area contributed by atoms with Gasteiger partial charge in [0.2, 0.25) is 0 Å². The van der Waals surface area contributed by atoms with Crippen molar-refractivity contribution in [3.8, 4) is 0 Å². The number of allylic oxidation sites excluding steroid dienone is 3. The van der Waals surface area contributed by atoms with Crippen LogP contribution in [-0.2, 0) is 4.79 Å². The third-order valence-electron chi connectivity index (χ3n) is 1.34. The van der Waals surface area contributed by atoms with Crippen LogP contribution in [0.1, 0.15) is 0 Å². The van der Waals surface area contributed by atoms with E-state index in [1.807, 2.05) is 0 Å². The van der Waals surface area contributed by atoms with Gasteiger partial charge < -0.3 is 0 Å². The molecule has 82 valence electrons. The van der Waals surface area contributed by atoms with E-state index in [0.717, 1.165) is 0 Å². The molecule has 0 unspecified atom stereocenters.